The van der Waals surface area contributed by atoms with Crippen LogP contribution in [0.15, 0.2) is 30.3 Å². The molecule has 0 spiro atoms. The lowest BCUT2D eigenvalue weighted by molar-refractivity contribution is -0.166. The van der Waals surface area contributed by atoms with Crippen molar-refractivity contribution in [3.63, 3.8) is 0 Å². The van der Waals surface area contributed by atoms with Crippen LogP contribution in [0.1, 0.15) is 16.8 Å². The number of hydrogen-bond donors (Lipinski definition) is 5. The summed E-state index contributed by atoms with van der Waals surface area (Å²) in [5.41, 5.74) is 7.03. The fraction of sp³-hybridized carbons (Fsp3) is 0.412. The lowest BCUT2D eigenvalue weighted by atomic mass is 9.78. The van der Waals surface area contributed by atoms with Crippen molar-refractivity contribution in [2.75, 3.05) is 18.8 Å². The second-order valence-electron chi connectivity index (χ2n) is 6.42. The number of thiol groups is 1. The number of esters is 2. The Morgan fingerprint density at radius 2 is 1.93 bits per heavy atom. The van der Waals surface area contributed by atoms with Crippen molar-refractivity contribution in [2.24, 2.45) is 23.5 Å². The van der Waals surface area contributed by atoms with Crippen LogP contribution in [-0.4, -0.2) is 51.1 Å². The molecule has 1 heterocycles. The zero-order valence-electron chi connectivity index (χ0n) is 15.3. The molecule has 1 fully saturated rings. The highest BCUT2D eigenvalue weighted by Crippen LogP contribution is 2.30. The van der Waals surface area contributed by atoms with Crippen LogP contribution in [0.5, 0.6) is 0 Å². The largest absolute Gasteiger partial charge is 0.389 e. The van der Waals surface area contributed by atoms with E-state index in [9.17, 15) is 22.8 Å². The summed E-state index contributed by atoms with van der Waals surface area (Å²) >= 11 is 0. The second-order valence-corrected chi connectivity index (χ2v) is 7.45. The number of benzene rings is 1. The molecule has 5 N–H and O–H groups in total. The van der Waals surface area contributed by atoms with E-state index >= 15 is 0 Å². The predicted molar refractivity (Wildman–Crippen MR) is 101 cm³/mol. The molecule has 11 nitrogen and oxygen atoms in total. The number of piperidine rings is 1. The van der Waals surface area contributed by atoms with E-state index in [2.05, 4.69) is 10.2 Å². The van der Waals surface area contributed by atoms with Crippen molar-refractivity contribution in [1.82, 2.24) is 10.8 Å². The first-order valence-corrected chi connectivity index (χ1v) is 10.1. The minimum atomic E-state index is -2.77. The third-order valence-electron chi connectivity index (χ3n) is 4.45. The van der Waals surface area contributed by atoms with Gasteiger partial charge in [-0.1, -0.05) is 18.2 Å². The van der Waals surface area contributed by atoms with E-state index in [-0.39, 0.29) is 24.3 Å². The Hall–Kier alpha value is -2.99. The molecule has 0 bridgehead atoms. The second kappa shape index (κ2) is 10.5. The number of carbonyl (C=O) groups is 3. The highest BCUT2D eigenvalue weighted by molar-refractivity contribution is 7.72. The number of ether oxygens (including phenoxy) is 1. The molecule has 29 heavy (non-hydrogen) atoms. The first kappa shape index (κ1) is 22.3. The maximum atomic E-state index is 12.7. The zero-order chi connectivity index (χ0) is 21.4. The monoisotopic (exact) mass is 426 g/mol. The molecule has 12 heteroatoms. The van der Waals surface area contributed by atoms with Crippen LogP contribution < -0.4 is 16.5 Å². The quantitative estimate of drug-likeness (QED) is 0.0923. The normalized spacial score (nSPS) is 19.8. The summed E-state index contributed by atoms with van der Waals surface area (Å²) in [4.78, 5) is 42.1. The van der Waals surface area contributed by atoms with E-state index in [0.29, 0.717) is 6.54 Å². The Morgan fingerprint density at radius 1 is 1.24 bits per heavy atom. The number of hydroxylamine groups is 1. The highest BCUT2D eigenvalue weighted by Gasteiger charge is 2.44. The lowest BCUT2D eigenvalue weighted by Crippen LogP contribution is -2.48. The average molecular weight is 426 g/mol. The summed E-state index contributed by atoms with van der Waals surface area (Å²) in [5.74, 6) is -7.05. The maximum absolute atomic E-state index is 12.7. The third-order valence-corrected chi connectivity index (χ3v) is 5.22. The molecule has 0 radical (unpaired) electrons. The number of guanidine groups is 1. The van der Waals surface area contributed by atoms with E-state index in [1.807, 2.05) is 5.48 Å². The molecule has 2 rings (SSSR count). The van der Waals surface area contributed by atoms with Gasteiger partial charge in [0, 0.05) is 0 Å². The molecule has 3 atom stereocenters. The van der Waals surface area contributed by atoms with E-state index in [0.717, 1.165) is 0 Å². The molecule has 0 aliphatic carbocycles. The van der Waals surface area contributed by atoms with E-state index in [4.69, 9.17) is 15.9 Å². The predicted octanol–water partition coefficient (Wildman–Crippen LogP) is -1.24. The molecule has 1 aromatic carbocycles. The van der Waals surface area contributed by atoms with E-state index < -0.39 is 52.3 Å². The fourth-order valence-electron chi connectivity index (χ4n) is 3.18. The molecule has 0 aromatic heterocycles. The van der Waals surface area contributed by atoms with Crippen LogP contribution >= 0.6 is 0 Å². The van der Waals surface area contributed by atoms with Gasteiger partial charge in [-0.3, -0.25) is 10.2 Å². The molecule has 3 unspecified atom stereocenters. The summed E-state index contributed by atoms with van der Waals surface area (Å²) < 4.78 is 27.3. The molecular weight excluding hydrogens is 404 g/mol. The van der Waals surface area contributed by atoms with Crippen LogP contribution in [0.2, 0.25) is 0 Å². The van der Waals surface area contributed by atoms with Crippen molar-refractivity contribution >= 4 is 34.6 Å². The van der Waals surface area contributed by atoms with Gasteiger partial charge < -0.3 is 20.6 Å². The Labute approximate surface area is 168 Å². The van der Waals surface area contributed by atoms with Crippen LogP contribution in [0.4, 0.5) is 0 Å². The van der Waals surface area contributed by atoms with Gasteiger partial charge in [0.2, 0.25) is 5.96 Å². The van der Waals surface area contributed by atoms with E-state index in [1.54, 1.807) is 18.2 Å². The summed E-state index contributed by atoms with van der Waals surface area (Å²) in [6.45, 7) is 0.693. The van der Waals surface area contributed by atoms with Crippen LogP contribution in [0.25, 0.3) is 0 Å². The fourth-order valence-corrected chi connectivity index (χ4v) is 3.96. The Kier molecular flexibility index (Phi) is 8.09. The first-order valence-electron chi connectivity index (χ1n) is 8.74. The minimum absolute atomic E-state index is 0.110. The summed E-state index contributed by atoms with van der Waals surface area (Å²) in [7, 11) is -2.77. The zero-order valence-corrected chi connectivity index (χ0v) is 16.2. The van der Waals surface area contributed by atoms with Gasteiger partial charge in [-0.25, -0.2) is 18.0 Å². The van der Waals surface area contributed by atoms with Crippen molar-refractivity contribution < 1.29 is 32.4 Å². The first-order chi connectivity index (χ1) is 13.8. The van der Waals surface area contributed by atoms with Crippen molar-refractivity contribution in [3.8, 4) is 0 Å². The SMILES string of the molecule is N=C(N)NOC(=O)C(C(=O)OC(=O)c1ccccc1)C1CCNCC1C[SH](=O)=O. The molecular formula is C17H22N4O7S. The summed E-state index contributed by atoms with van der Waals surface area (Å²) in [6, 6.07) is 7.72. The third kappa shape index (κ3) is 6.54. The van der Waals surface area contributed by atoms with Crippen molar-refractivity contribution in [1.29, 1.82) is 5.41 Å². The Bertz CT molecular complexity index is 835. The standard InChI is InChI=1S/C17H22N4O7S/c18-17(19)21-28-16(24)13(12-6-7-20-8-11(12)9-29(25)26)15(23)27-14(22)10-4-2-1-3-5-10/h1-5,11-13,20,29H,6-9H2,(H4,18,19,21). The minimum Gasteiger partial charge on any atom is -0.389 e. The van der Waals surface area contributed by atoms with Crippen LogP contribution in [-0.2, 0) is 29.9 Å². The molecule has 1 aliphatic rings. The lowest BCUT2D eigenvalue weighted by Gasteiger charge is -2.34. The van der Waals surface area contributed by atoms with Crippen molar-refractivity contribution in [2.45, 2.75) is 6.42 Å². The molecule has 0 amide bonds. The Balaban J connectivity index is 2.25. The van der Waals surface area contributed by atoms with Crippen molar-refractivity contribution in [3.05, 3.63) is 35.9 Å². The van der Waals surface area contributed by atoms with E-state index in [1.165, 1.54) is 12.1 Å². The van der Waals surface area contributed by atoms with Gasteiger partial charge in [0.1, 0.15) is 10.7 Å². The number of nitrogens with two attached hydrogens (primary N) is 1. The van der Waals surface area contributed by atoms with Gasteiger partial charge in [-0.2, -0.15) is 5.48 Å². The van der Waals surface area contributed by atoms with Gasteiger partial charge in [0.15, 0.2) is 5.92 Å². The highest BCUT2D eigenvalue weighted by atomic mass is 32.2. The summed E-state index contributed by atoms with van der Waals surface area (Å²) in [6.07, 6.45) is 0.280. The Morgan fingerprint density at radius 3 is 2.55 bits per heavy atom. The molecule has 1 aromatic rings. The molecule has 158 valence electrons. The number of rotatable bonds is 6. The van der Waals surface area contributed by atoms with Crippen LogP contribution in [0, 0.1) is 23.2 Å². The van der Waals surface area contributed by atoms with Crippen LogP contribution in [0.3, 0.4) is 0 Å². The van der Waals surface area contributed by atoms with Gasteiger partial charge in [-0.05, 0) is 43.5 Å². The number of carbonyl (C=O) groups excluding carboxylic acids is 3. The summed E-state index contributed by atoms with van der Waals surface area (Å²) in [5, 5.41) is 10.1. The average Bonchev–Trinajstić information content (AvgIpc) is 2.68. The van der Waals surface area contributed by atoms with Gasteiger partial charge in [0.25, 0.3) is 0 Å². The van der Waals surface area contributed by atoms with Gasteiger partial charge in [0.05, 0.1) is 11.3 Å². The molecule has 1 saturated heterocycles. The number of hydrogen-bond acceptors (Lipinski definition) is 9. The van der Waals surface area contributed by atoms with Gasteiger partial charge in [-0.15, -0.1) is 0 Å². The smallest absolute Gasteiger partial charge is 0.346 e. The number of nitrogens with one attached hydrogen (secondary N) is 3. The maximum Gasteiger partial charge on any atom is 0.346 e. The van der Waals surface area contributed by atoms with Gasteiger partial charge >= 0.3 is 17.9 Å². The molecule has 1 aliphatic heterocycles. The molecule has 0 saturated carbocycles. The topological polar surface area (TPSA) is 178 Å².